The maximum Gasteiger partial charge on any atom is 0.131 e. The average molecular weight is 198 g/mol. The molecule has 2 atom stereocenters. The minimum Gasteiger partial charge on any atom is -0.300 e. The van der Waals surface area contributed by atoms with Gasteiger partial charge < -0.3 is 0 Å². The van der Waals surface area contributed by atoms with E-state index in [1.807, 2.05) is 7.05 Å². The van der Waals surface area contributed by atoms with Crippen molar-refractivity contribution in [3.05, 3.63) is 0 Å². The third kappa shape index (κ3) is 2.79. The Labute approximate surface area is 86.8 Å². The van der Waals surface area contributed by atoms with E-state index in [9.17, 15) is 4.79 Å². The molecule has 0 aromatic carbocycles. The number of carbonyl (C=O) groups is 1. The number of rotatable bonds is 2. The van der Waals surface area contributed by atoms with E-state index in [1.165, 1.54) is 0 Å². The zero-order chi connectivity index (χ0) is 10.9. The lowest BCUT2D eigenvalue weighted by Crippen LogP contribution is -2.41. The number of hydrazine groups is 1. The van der Waals surface area contributed by atoms with Crippen LogP contribution in [0.1, 0.15) is 40.5 Å². The van der Waals surface area contributed by atoms with E-state index in [-0.39, 0.29) is 11.2 Å². The first-order valence-corrected chi connectivity index (χ1v) is 5.29. The molecule has 0 aromatic rings. The summed E-state index contributed by atoms with van der Waals surface area (Å²) in [6, 6.07) is 0.855. The van der Waals surface area contributed by atoms with Gasteiger partial charge >= 0.3 is 0 Å². The zero-order valence-electron chi connectivity index (χ0n) is 9.92. The number of ketones is 1. The summed E-state index contributed by atoms with van der Waals surface area (Å²) < 4.78 is 0. The largest absolute Gasteiger partial charge is 0.300 e. The molecule has 1 rings (SSSR count). The van der Waals surface area contributed by atoms with Crippen LogP contribution in [0.3, 0.4) is 0 Å². The van der Waals surface area contributed by atoms with E-state index in [0.29, 0.717) is 18.5 Å². The van der Waals surface area contributed by atoms with Crippen molar-refractivity contribution >= 4 is 5.78 Å². The van der Waals surface area contributed by atoms with Gasteiger partial charge in [-0.1, -0.05) is 20.8 Å². The summed E-state index contributed by atoms with van der Waals surface area (Å²) in [5.74, 6) is 0.276. The van der Waals surface area contributed by atoms with E-state index in [1.54, 1.807) is 6.92 Å². The van der Waals surface area contributed by atoms with Crippen molar-refractivity contribution in [2.24, 2.45) is 5.41 Å². The van der Waals surface area contributed by atoms with Crippen LogP contribution in [0.5, 0.6) is 0 Å². The van der Waals surface area contributed by atoms with Gasteiger partial charge in [0.25, 0.3) is 0 Å². The van der Waals surface area contributed by atoms with E-state index in [0.717, 1.165) is 6.42 Å². The van der Waals surface area contributed by atoms with Gasteiger partial charge in [0.05, 0.1) is 0 Å². The zero-order valence-corrected chi connectivity index (χ0v) is 9.92. The van der Waals surface area contributed by atoms with Crippen LogP contribution in [-0.2, 0) is 4.79 Å². The summed E-state index contributed by atoms with van der Waals surface area (Å²) in [7, 11) is 2.03. The van der Waals surface area contributed by atoms with Gasteiger partial charge in [-0.05, 0) is 18.8 Å². The topological polar surface area (TPSA) is 32.3 Å². The van der Waals surface area contributed by atoms with Crippen LogP contribution in [0.25, 0.3) is 0 Å². The van der Waals surface area contributed by atoms with Gasteiger partial charge in [-0.15, -0.1) is 0 Å². The van der Waals surface area contributed by atoms with Crippen molar-refractivity contribution in [3.63, 3.8) is 0 Å². The number of carbonyl (C=O) groups excluding carboxylic acids is 1. The minimum absolute atomic E-state index is 0.264. The molecule has 1 aliphatic heterocycles. The lowest BCUT2D eigenvalue weighted by molar-refractivity contribution is -0.118. The van der Waals surface area contributed by atoms with Gasteiger partial charge in [-0.2, -0.15) is 0 Å². The number of nitrogens with one attached hydrogen (secondary N) is 1. The van der Waals surface area contributed by atoms with Gasteiger partial charge in [0.2, 0.25) is 0 Å². The van der Waals surface area contributed by atoms with Crippen LogP contribution in [0.4, 0.5) is 0 Å². The van der Waals surface area contributed by atoms with Crippen LogP contribution in [0.15, 0.2) is 0 Å². The molecule has 1 unspecified atom stereocenters. The second-order valence-electron chi connectivity index (χ2n) is 5.45. The Bertz CT molecular complexity index is 220. The Morgan fingerprint density at radius 3 is 2.43 bits per heavy atom. The molecule has 3 nitrogen and oxygen atoms in total. The van der Waals surface area contributed by atoms with Crippen molar-refractivity contribution in [1.29, 1.82) is 0 Å². The molecule has 1 fully saturated rings. The van der Waals surface area contributed by atoms with Crippen LogP contribution in [0, 0.1) is 5.41 Å². The Kier molecular flexibility index (Phi) is 3.32. The monoisotopic (exact) mass is 198 g/mol. The molecular weight excluding hydrogens is 176 g/mol. The third-order valence-corrected chi connectivity index (χ3v) is 2.98. The van der Waals surface area contributed by atoms with E-state index in [4.69, 9.17) is 0 Å². The van der Waals surface area contributed by atoms with Crippen molar-refractivity contribution in [3.8, 4) is 0 Å². The summed E-state index contributed by atoms with van der Waals surface area (Å²) in [5, 5.41) is 2.09. The van der Waals surface area contributed by atoms with Crippen LogP contribution < -0.4 is 5.43 Å². The van der Waals surface area contributed by atoms with Crippen molar-refractivity contribution in [1.82, 2.24) is 10.4 Å². The van der Waals surface area contributed by atoms with Crippen molar-refractivity contribution in [2.75, 3.05) is 7.05 Å². The molecule has 0 spiro atoms. The fourth-order valence-corrected chi connectivity index (χ4v) is 1.93. The molecule has 82 valence electrons. The smallest absolute Gasteiger partial charge is 0.131 e. The lowest BCUT2D eigenvalue weighted by atomic mass is 9.84. The SMILES string of the molecule is CC(=O)C[C@H]1CC(C(C)(C)C)NN1C. The summed E-state index contributed by atoms with van der Waals surface area (Å²) in [6.07, 6.45) is 1.73. The van der Waals surface area contributed by atoms with Crippen LogP contribution in [-0.4, -0.2) is 29.9 Å². The first kappa shape index (κ1) is 11.7. The molecule has 0 radical (unpaired) electrons. The van der Waals surface area contributed by atoms with E-state index in [2.05, 4.69) is 31.2 Å². The predicted octanol–water partition coefficient (Wildman–Crippen LogP) is 1.59. The minimum atomic E-state index is 0.264. The maximum absolute atomic E-state index is 11.0. The van der Waals surface area contributed by atoms with Gasteiger partial charge in [-0.3, -0.25) is 10.2 Å². The van der Waals surface area contributed by atoms with Gasteiger partial charge in [0.15, 0.2) is 0 Å². The van der Waals surface area contributed by atoms with Crippen molar-refractivity contribution < 1.29 is 4.79 Å². The molecule has 1 heterocycles. The maximum atomic E-state index is 11.0. The standard InChI is InChI=1S/C11H22N2O/c1-8(14)6-9-7-10(11(2,3)4)12-13(9)5/h9-10,12H,6-7H2,1-5H3/t9-,10?/m0/s1. The highest BCUT2D eigenvalue weighted by atomic mass is 16.1. The van der Waals surface area contributed by atoms with Gasteiger partial charge in [-0.25, -0.2) is 5.01 Å². The van der Waals surface area contributed by atoms with Gasteiger partial charge in [0, 0.05) is 25.6 Å². The highest BCUT2D eigenvalue weighted by Crippen LogP contribution is 2.29. The summed E-state index contributed by atoms with van der Waals surface area (Å²) >= 11 is 0. The highest BCUT2D eigenvalue weighted by Gasteiger charge is 2.36. The molecule has 1 saturated heterocycles. The fourth-order valence-electron chi connectivity index (χ4n) is 1.93. The quantitative estimate of drug-likeness (QED) is 0.731. The second kappa shape index (κ2) is 3.99. The first-order valence-electron chi connectivity index (χ1n) is 5.29. The normalized spacial score (nSPS) is 29.5. The lowest BCUT2D eigenvalue weighted by Gasteiger charge is -2.27. The van der Waals surface area contributed by atoms with Crippen LogP contribution in [0.2, 0.25) is 0 Å². The average Bonchev–Trinajstić information content (AvgIpc) is 2.30. The summed E-state index contributed by atoms with van der Waals surface area (Å²) in [6.45, 7) is 8.36. The number of Topliss-reactive ketones (excluding diaryl/α,β-unsaturated/α-hetero) is 1. The molecular formula is C11H22N2O. The molecule has 0 bridgehead atoms. The Balaban J connectivity index is 2.56. The molecule has 3 heteroatoms. The summed E-state index contributed by atoms with van der Waals surface area (Å²) in [4.78, 5) is 11.0. The summed E-state index contributed by atoms with van der Waals surface area (Å²) in [5.41, 5.74) is 3.69. The molecule has 0 aliphatic carbocycles. The van der Waals surface area contributed by atoms with Crippen LogP contribution >= 0.6 is 0 Å². The Hall–Kier alpha value is -0.410. The number of hydrogen-bond acceptors (Lipinski definition) is 3. The molecule has 0 aromatic heterocycles. The fraction of sp³-hybridized carbons (Fsp3) is 0.909. The number of hydrogen-bond donors (Lipinski definition) is 1. The second-order valence-corrected chi connectivity index (χ2v) is 5.45. The molecule has 1 N–H and O–H groups in total. The van der Waals surface area contributed by atoms with Crippen molar-refractivity contribution in [2.45, 2.75) is 52.6 Å². The molecule has 1 aliphatic rings. The number of nitrogens with zero attached hydrogens (tertiary/aromatic N) is 1. The van der Waals surface area contributed by atoms with E-state index < -0.39 is 0 Å². The Morgan fingerprint density at radius 1 is 1.50 bits per heavy atom. The van der Waals surface area contributed by atoms with E-state index >= 15 is 0 Å². The first-order chi connectivity index (χ1) is 6.30. The Morgan fingerprint density at radius 2 is 2.07 bits per heavy atom. The third-order valence-electron chi connectivity index (χ3n) is 2.98. The molecule has 14 heavy (non-hydrogen) atoms. The predicted molar refractivity (Wildman–Crippen MR) is 57.8 cm³/mol. The molecule has 0 amide bonds. The van der Waals surface area contributed by atoms with Gasteiger partial charge in [0.1, 0.15) is 5.78 Å². The highest BCUT2D eigenvalue weighted by molar-refractivity contribution is 5.76. The molecule has 0 saturated carbocycles.